The lowest BCUT2D eigenvalue weighted by Gasteiger charge is -2.20. The Kier molecular flexibility index (Phi) is 6.42. The van der Waals surface area contributed by atoms with Crippen molar-refractivity contribution in [3.63, 3.8) is 0 Å². The fourth-order valence-electron chi connectivity index (χ4n) is 2.51. The Morgan fingerprint density at radius 3 is 2.57 bits per heavy atom. The molecule has 6 heteroatoms. The number of ether oxygens (including phenoxy) is 3. The second-order valence-electron chi connectivity index (χ2n) is 5.91. The summed E-state index contributed by atoms with van der Waals surface area (Å²) >= 11 is 6.69. The molecule has 1 aliphatic heterocycles. The standard InChI is InChI=1S/C17H20Br2O4/c1-11(21-16(20)12-7-5-4-6-8-12)9-13-14(10-15(18)19)23-17(2,3)22-13/h4-8,10-11,13-14H,9H2,1-3H3/t11-,13-,14-/m0/s1. The van der Waals surface area contributed by atoms with Gasteiger partial charge >= 0.3 is 5.97 Å². The van der Waals surface area contributed by atoms with E-state index in [4.69, 9.17) is 14.2 Å². The van der Waals surface area contributed by atoms with Gasteiger partial charge in [-0.2, -0.15) is 0 Å². The van der Waals surface area contributed by atoms with Crippen LogP contribution in [-0.4, -0.2) is 30.1 Å². The molecular weight excluding hydrogens is 428 g/mol. The lowest BCUT2D eigenvalue weighted by atomic mass is 10.1. The van der Waals surface area contributed by atoms with Gasteiger partial charge in [0.1, 0.15) is 12.2 Å². The van der Waals surface area contributed by atoms with Gasteiger partial charge < -0.3 is 14.2 Å². The van der Waals surface area contributed by atoms with E-state index in [-0.39, 0.29) is 24.3 Å². The van der Waals surface area contributed by atoms with Crippen molar-refractivity contribution >= 4 is 37.8 Å². The minimum absolute atomic E-state index is 0.186. The first-order chi connectivity index (χ1) is 10.8. The number of carbonyl (C=O) groups excluding carboxylic acids is 1. The molecule has 1 saturated heterocycles. The van der Waals surface area contributed by atoms with Crippen LogP contribution in [0.4, 0.5) is 0 Å². The summed E-state index contributed by atoms with van der Waals surface area (Å²) in [6.45, 7) is 5.60. The Balaban J connectivity index is 1.97. The summed E-state index contributed by atoms with van der Waals surface area (Å²) in [5.41, 5.74) is 0.544. The molecule has 0 amide bonds. The monoisotopic (exact) mass is 446 g/mol. The zero-order chi connectivity index (χ0) is 17.0. The van der Waals surface area contributed by atoms with Gasteiger partial charge in [0.05, 0.1) is 15.1 Å². The summed E-state index contributed by atoms with van der Waals surface area (Å²) in [4.78, 5) is 12.1. The quantitative estimate of drug-likeness (QED) is 0.609. The average molecular weight is 448 g/mol. The Hall–Kier alpha value is -0.690. The van der Waals surface area contributed by atoms with Crippen LogP contribution in [0.15, 0.2) is 39.8 Å². The summed E-state index contributed by atoms with van der Waals surface area (Å²) in [6, 6.07) is 8.96. The number of hydrogen-bond acceptors (Lipinski definition) is 4. The first kappa shape index (κ1) is 18.6. The molecule has 3 atom stereocenters. The van der Waals surface area contributed by atoms with Crippen molar-refractivity contribution in [2.24, 2.45) is 0 Å². The second-order valence-corrected chi connectivity index (χ2v) is 8.69. The summed E-state index contributed by atoms with van der Waals surface area (Å²) in [7, 11) is 0. The van der Waals surface area contributed by atoms with E-state index in [9.17, 15) is 4.79 Å². The molecule has 1 aromatic carbocycles. The first-order valence-electron chi connectivity index (χ1n) is 7.41. The van der Waals surface area contributed by atoms with Gasteiger partial charge in [-0.3, -0.25) is 0 Å². The van der Waals surface area contributed by atoms with Gasteiger partial charge in [-0.25, -0.2) is 4.79 Å². The molecule has 0 radical (unpaired) electrons. The van der Waals surface area contributed by atoms with Crippen LogP contribution in [-0.2, 0) is 14.2 Å². The van der Waals surface area contributed by atoms with E-state index in [1.165, 1.54) is 0 Å². The molecule has 1 aromatic rings. The summed E-state index contributed by atoms with van der Waals surface area (Å²) in [5.74, 6) is -0.991. The van der Waals surface area contributed by atoms with Crippen LogP contribution < -0.4 is 0 Å². The van der Waals surface area contributed by atoms with E-state index in [0.717, 1.165) is 3.39 Å². The van der Waals surface area contributed by atoms with Crippen LogP contribution in [0.2, 0.25) is 0 Å². The minimum Gasteiger partial charge on any atom is -0.459 e. The number of hydrogen-bond donors (Lipinski definition) is 0. The number of esters is 1. The zero-order valence-electron chi connectivity index (χ0n) is 13.3. The van der Waals surface area contributed by atoms with E-state index in [1.807, 2.05) is 45.0 Å². The maximum atomic E-state index is 12.1. The highest BCUT2D eigenvalue weighted by molar-refractivity contribution is 9.28. The minimum atomic E-state index is -0.662. The van der Waals surface area contributed by atoms with Crippen LogP contribution >= 0.6 is 31.9 Å². The molecule has 1 heterocycles. The molecule has 0 aromatic heterocycles. The van der Waals surface area contributed by atoms with Crippen molar-refractivity contribution < 1.29 is 19.0 Å². The predicted molar refractivity (Wildman–Crippen MR) is 95.7 cm³/mol. The molecule has 0 spiro atoms. The molecular formula is C17H20Br2O4. The third kappa shape index (κ3) is 5.71. The van der Waals surface area contributed by atoms with Crippen molar-refractivity contribution in [2.75, 3.05) is 0 Å². The van der Waals surface area contributed by atoms with Gasteiger partial charge in [0.25, 0.3) is 0 Å². The Morgan fingerprint density at radius 1 is 1.30 bits per heavy atom. The average Bonchev–Trinajstić information content (AvgIpc) is 2.72. The van der Waals surface area contributed by atoms with Gasteiger partial charge in [-0.1, -0.05) is 18.2 Å². The normalized spacial score (nSPS) is 24.0. The molecule has 4 nitrogen and oxygen atoms in total. The molecule has 0 saturated carbocycles. The van der Waals surface area contributed by atoms with Crippen LogP contribution in [0.25, 0.3) is 0 Å². The third-order valence-electron chi connectivity index (χ3n) is 3.39. The van der Waals surface area contributed by atoms with Gasteiger partial charge in [0, 0.05) is 6.42 Å². The third-order valence-corrected chi connectivity index (χ3v) is 3.92. The number of halogens is 2. The molecule has 0 unspecified atom stereocenters. The SMILES string of the molecule is C[C@@H](C[C@@H]1OC(C)(C)O[C@H]1C=C(Br)Br)OC(=O)c1ccccc1. The molecule has 1 fully saturated rings. The number of rotatable bonds is 5. The van der Waals surface area contributed by atoms with Gasteiger partial charge in [-0.15, -0.1) is 0 Å². The van der Waals surface area contributed by atoms with Crippen molar-refractivity contribution in [3.05, 3.63) is 45.4 Å². The predicted octanol–water partition coefficient (Wildman–Crippen LogP) is 4.77. The Morgan fingerprint density at radius 2 is 1.96 bits per heavy atom. The van der Waals surface area contributed by atoms with Gasteiger partial charge in [-0.05, 0) is 70.8 Å². The second kappa shape index (κ2) is 7.92. The maximum absolute atomic E-state index is 12.1. The van der Waals surface area contributed by atoms with Crippen LogP contribution in [0.1, 0.15) is 37.6 Å². The van der Waals surface area contributed by atoms with Crippen LogP contribution in [0, 0.1) is 0 Å². The first-order valence-corrected chi connectivity index (χ1v) is 9.00. The highest BCUT2D eigenvalue weighted by atomic mass is 79.9. The number of benzene rings is 1. The van der Waals surface area contributed by atoms with Crippen molar-refractivity contribution in [3.8, 4) is 0 Å². The van der Waals surface area contributed by atoms with Crippen molar-refractivity contribution in [1.29, 1.82) is 0 Å². The van der Waals surface area contributed by atoms with Crippen LogP contribution in [0.3, 0.4) is 0 Å². The highest BCUT2D eigenvalue weighted by Gasteiger charge is 2.41. The molecule has 1 aliphatic rings. The van der Waals surface area contributed by atoms with E-state index in [2.05, 4.69) is 31.9 Å². The lowest BCUT2D eigenvalue weighted by Crippen LogP contribution is -2.28. The lowest BCUT2D eigenvalue weighted by molar-refractivity contribution is -0.145. The molecule has 126 valence electrons. The van der Waals surface area contributed by atoms with Gasteiger partial charge in [0.2, 0.25) is 0 Å². The molecule has 0 bridgehead atoms. The molecule has 2 rings (SSSR count). The maximum Gasteiger partial charge on any atom is 0.338 e. The van der Waals surface area contributed by atoms with Crippen molar-refractivity contribution in [1.82, 2.24) is 0 Å². The summed E-state index contributed by atoms with van der Waals surface area (Å²) < 4.78 is 18.1. The highest BCUT2D eigenvalue weighted by Crippen LogP contribution is 2.33. The molecule has 0 aliphatic carbocycles. The van der Waals surface area contributed by atoms with Gasteiger partial charge in [0.15, 0.2) is 5.79 Å². The molecule has 0 N–H and O–H groups in total. The Labute approximate surface area is 153 Å². The largest absolute Gasteiger partial charge is 0.459 e. The smallest absolute Gasteiger partial charge is 0.338 e. The fraction of sp³-hybridized carbons (Fsp3) is 0.471. The van der Waals surface area contributed by atoms with E-state index in [0.29, 0.717) is 12.0 Å². The topological polar surface area (TPSA) is 44.8 Å². The van der Waals surface area contributed by atoms with E-state index in [1.54, 1.807) is 12.1 Å². The van der Waals surface area contributed by atoms with E-state index < -0.39 is 5.79 Å². The number of carbonyl (C=O) groups is 1. The van der Waals surface area contributed by atoms with Crippen LogP contribution in [0.5, 0.6) is 0 Å². The summed E-state index contributed by atoms with van der Waals surface area (Å²) in [6.07, 6.45) is 1.77. The fourth-order valence-corrected chi connectivity index (χ4v) is 3.03. The van der Waals surface area contributed by atoms with E-state index >= 15 is 0 Å². The zero-order valence-corrected chi connectivity index (χ0v) is 16.5. The summed E-state index contributed by atoms with van der Waals surface area (Å²) in [5, 5.41) is 0. The molecule has 23 heavy (non-hydrogen) atoms. The van der Waals surface area contributed by atoms with Crippen molar-refractivity contribution in [2.45, 2.75) is 51.3 Å². The Bertz CT molecular complexity index is 567.